The molecule has 1 heterocycles. The van der Waals surface area contributed by atoms with Gasteiger partial charge >= 0.3 is 0 Å². The monoisotopic (exact) mass is 415 g/mol. The summed E-state index contributed by atoms with van der Waals surface area (Å²) >= 11 is 3.34. The maximum absolute atomic E-state index is 14.0. The lowest BCUT2D eigenvalue weighted by atomic mass is 10.2. The highest BCUT2D eigenvalue weighted by Gasteiger charge is 2.20. The molecule has 1 amide bonds. The summed E-state index contributed by atoms with van der Waals surface area (Å²) in [5, 5.41) is 4.45. The van der Waals surface area contributed by atoms with Gasteiger partial charge in [-0.2, -0.15) is 5.10 Å². The molecule has 26 heavy (non-hydrogen) atoms. The molecule has 0 saturated carbocycles. The van der Waals surface area contributed by atoms with Crippen molar-refractivity contribution < 1.29 is 9.18 Å². The van der Waals surface area contributed by atoms with Crippen molar-refractivity contribution in [1.29, 1.82) is 0 Å². The molecule has 2 aromatic carbocycles. The lowest BCUT2D eigenvalue weighted by Crippen LogP contribution is -2.31. The van der Waals surface area contributed by atoms with Gasteiger partial charge in [0.25, 0.3) is 5.91 Å². The number of amides is 1. The number of carbonyl (C=O) groups excluding carboxylic acids is 1. The van der Waals surface area contributed by atoms with Crippen LogP contribution >= 0.6 is 15.9 Å². The van der Waals surface area contributed by atoms with Crippen LogP contribution in [-0.2, 0) is 6.54 Å². The third-order valence-electron chi connectivity index (χ3n) is 4.15. The van der Waals surface area contributed by atoms with Gasteiger partial charge in [-0.05, 0) is 50.2 Å². The topological polar surface area (TPSA) is 38.1 Å². The number of hydrogen-bond donors (Lipinski definition) is 0. The minimum atomic E-state index is -0.328. The average molecular weight is 416 g/mol. The molecule has 0 atom stereocenters. The number of aryl methyl sites for hydroxylation is 1. The molecule has 3 aromatic rings. The normalized spacial score (nSPS) is 10.8. The zero-order valence-electron chi connectivity index (χ0n) is 14.6. The summed E-state index contributed by atoms with van der Waals surface area (Å²) in [5.41, 5.74) is 2.58. The predicted molar refractivity (Wildman–Crippen MR) is 103 cm³/mol. The van der Waals surface area contributed by atoms with Gasteiger partial charge < -0.3 is 4.90 Å². The standard InChI is InChI=1S/C20H19BrFN3O/c1-3-24(13-15-12-16(21)9-10-18(15)22)20(26)19-11-14(2)25(23-19)17-7-5-4-6-8-17/h4-12H,3,13H2,1-2H3. The van der Waals surface area contributed by atoms with E-state index in [2.05, 4.69) is 21.0 Å². The molecule has 0 bridgehead atoms. The molecule has 0 aliphatic rings. The molecule has 0 unspecified atom stereocenters. The van der Waals surface area contributed by atoms with E-state index in [1.165, 1.54) is 6.07 Å². The average Bonchev–Trinajstić information content (AvgIpc) is 3.04. The number of carbonyl (C=O) groups is 1. The quantitative estimate of drug-likeness (QED) is 0.603. The Morgan fingerprint density at radius 2 is 1.92 bits per heavy atom. The van der Waals surface area contributed by atoms with E-state index in [-0.39, 0.29) is 18.3 Å². The van der Waals surface area contributed by atoms with E-state index in [9.17, 15) is 9.18 Å². The molecule has 0 aliphatic carbocycles. The van der Waals surface area contributed by atoms with Crippen molar-refractivity contribution in [2.24, 2.45) is 0 Å². The largest absolute Gasteiger partial charge is 0.333 e. The summed E-state index contributed by atoms with van der Waals surface area (Å²) < 4.78 is 16.6. The number of halogens is 2. The van der Waals surface area contributed by atoms with E-state index >= 15 is 0 Å². The Morgan fingerprint density at radius 3 is 2.62 bits per heavy atom. The molecule has 0 N–H and O–H groups in total. The molecule has 0 radical (unpaired) electrons. The summed E-state index contributed by atoms with van der Waals surface area (Å²) in [6.45, 7) is 4.43. The van der Waals surface area contributed by atoms with E-state index in [0.29, 0.717) is 17.8 Å². The van der Waals surface area contributed by atoms with Crippen molar-refractivity contribution in [3.05, 3.63) is 81.8 Å². The Labute approximate surface area is 160 Å². The van der Waals surface area contributed by atoms with Crippen LogP contribution in [0.3, 0.4) is 0 Å². The highest BCUT2D eigenvalue weighted by molar-refractivity contribution is 9.10. The second kappa shape index (κ2) is 7.83. The Morgan fingerprint density at radius 1 is 1.19 bits per heavy atom. The minimum Gasteiger partial charge on any atom is -0.333 e. The van der Waals surface area contributed by atoms with Gasteiger partial charge in [-0.3, -0.25) is 4.79 Å². The van der Waals surface area contributed by atoms with Gasteiger partial charge in [-0.1, -0.05) is 34.1 Å². The summed E-state index contributed by atoms with van der Waals surface area (Å²) in [7, 11) is 0. The van der Waals surface area contributed by atoms with Crippen LogP contribution in [0, 0.1) is 12.7 Å². The highest BCUT2D eigenvalue weighted by Crippen LogP contribution is 2.19. The lowest BCUT2D eigenvalue weighted by Gasteiger charge is -2.20. The van der Waals surface area contributed by atoms with Gasteiger partial charge in [-0.15, -0.1) is 0 Å². The van der Waals surface area contributed by atoms with E-state index in [1.807, 2.05) is 44.2 Å². The van der Waals surface area contributed by atoms with Gasteiger partial charge in [0, 0.05) is 28.8 Å². The Bertz CT molecular complexity index is 924. The Hall–Kier alpha value is -2.47. The second-order valence-corrected chi connectivity index (χ2v) is 6.89. The molecule has 0 spiro atoms. The molecule has 0 aliphatic heterocycles. The first-order chi connectivity index (χ1) is 12.5. The molecule has 1 aromatic heterocycles. The fourth-order valence-corrected chi connectivity index (χ4v) is 3.18. The van der Waals surface area contributed by atoms with Gasteiger partial charge in [-0.25, -0.2) is 9.07 Å². The van der Waals surface area contributed by atoms with Crippen LogP contribution < -0.4 is 0 Å². The van der Waals surface area contributed by atoms with Crippen molar-refractivity contribution in [3.63, 3.8) is 0 Å². The van der Waals surface area contributed by atoms with E-state index < -0.39 is 0 Å². The molecule has 6 heteroatoms. The maximum atomic E-state index is 14.0. The van der Waals surface area contributed by atoms with Crippen LogP contribution in [0.15, 0.2) is 59.1 Å². The molecule has 134 valence electrons. The third-order valence-corrected chi connectivity index (χ3v) is 4.64. The van der Waals surface area contributed by atoms with Crippen molar-refractivity contribution in [1.82, 2.24) is 14.7 Å². The summed E-state index contributed by atoms with van der Waals surface area (Å²) in [4.78, 5) is 14.5. The first-order valence-corrected chi connectivity index (χ1v) is 9.14. The van der Waals surface area contributed by atoms with Crippen LogP contribution in [0.25, 0.3) is 5.69 Å². The fourth-order valence-electron chi connectivity index (χ4n) is 2.77. The van der Waals surface area contributed by atoms with E-state index in [4.69, 9.17) is 0 Å². The predicted octanol–water partition coefficient (Wildman–Crippen LogP) is 4.74. The zero-order valence-corrected chi connectivity index (χ0v) is 16.2. The lowest BCUT2D eigenvalue weighted by molar-refractivity contribution is 0.0744. The van der Waals surface area contributed by atoms with Gasteiger partial charge in [0.2, 0.25) is 0 Å². The zero-order chi connectivity index (χ0) is 18.7. The third kappa shape index (κ3) is 3.85. The van der Waals surface area contributed by atoms with E-state index in [1.54, 1.807) is 27.8 Å². The molecule has 0 fully saturated rings. The van der Waals surface area contributed by atoms with Gasteiger partial charge in [0.15, 0.2) is 5.69 Å². The van der Waals surface area contributed by atoms with Crippen molar-refractivity contribution in [2.45, 2.75) is 20.4 Å². The molecule has 0 saturated heterocycles. The molecule has 3 rings (SSSR count). The van der Waals surface area contributed by atoms with Crippen molar-refractivity contribution >= 4 is 21.8 Å². The summed E-state index contributed by atoms with van der Waals surface area (Å²) in [6, 6.07) is 16.1. The molecular weight excluding hydrogens is 397 g/mol. The van der Waals surface area contributed by atoms with Crippen molar-refractivity contribution in [3.8, 4) is 5.69 Å². The smallest absolute Gasteiger partial charge is 0.274 e. The van der Waals surface area contributed by atoms with Crippen LogP contribution in [0.5, 0.6) is 0 Å². The number of para-hydroxylation sites is 1. The minimum absolute atomic E-state index is 0.192. The summed E-state index contributed by atoms with van der Waals surface area (Å²) in [6.07, 6.45) is 0. The van der Waals surface area contributed by atoms with Gasteiger partial charge in [0.05, 0.1) is 5.69 Å². The number of benzene rings is 2. The maximum Gasteiger partial charge on any atom is 0.274 e. The second-order valence-electron chi connectivity index (χ2n) is 5.97. The first-order valence-electron chi connectivity index (χ1n) is 8.35. The van der Waals surface area contributed by atoms with Crippen LogP contribution in [0.1, 0.15) is 28.7 Å². The number of hydrogen-bond acceptors (Lipinski definition) is 2. The summed E-state index contributed by atoms with van der Waals surface area (Å²) in [5.74, 6) is -0.546. The molecular formula is C20H19BrFN3O. The number of nitrogens with zero attached hydrogens (tertiary/aromatic N) is 3. The van der Waals surface area contributed by atoms with Gasteiger partial charge in [0.1, 0.15) is 5.82 Å². The van der Waals surface area contributed by atoms with Crippen LogP contribution in [0.2, 0.25) is 0 Å². The van der Waals surface area contributed by atoms with Crippen molar-refractivity contribution in [2.75, 3.05) is 6.54 Å². The Balaban J connectivity index is 1.86. The SMILES string of the molecule is CCN(Cc1cc(Br)ccc1F)C(=O)c1cc(C)n(-c2ccccc2)n1. The number of rotatable bonds is 5. The van der Waals surface area contributed by atoms with Crippen LogP contribution in [0.4, 0.5) is 4.39 Å². The highest BCUT2D eigenvalue weighted by atomic mass is 79.9. The Kier molecular flexibility index (Phi) is 5.52. The van der Waals surface area contributed by atoms with Crippen LogP contribution in [-0.4, -0.2) is 27.1 Å². The number of aromatic nitrogens is 2. The fraction of sp³-hybridized carbons (Fsp3) is 0.200. The van der Waals surface area contributed by atoms with E-state index in [0.717, 1.165) is 15.9 Å². The first kappa shape index (κ1) is 18.3. The molecule has 4 nitrogen and oxygen atoms in total.